The zero-order valence-electron chi connectivity index (χ0n) is 20.3. The van der Waals surface area contributed by atoms with Crippen molar-refractivity contribution in [2.24, 2.45) is 0 Å². The number of benzene rings is 2. The lowest BCUT2D eigenvalue weighted by Crippen LogP contribution is -2.29. The van der Waals surface area contributed by atoms with E-state index >= 15 is 0 Å². The van der Waals surface area contributed by atoms with Gasteiger partial charge >= 0.3 is 5.97 Å². The van der Waals surface area contributed by atoms with Crippen LogP contribution in [-0.2, 0) is 16.1 Å². The number of fused-ring (bicyclic) bond motifs is 1. The standard InChI is InChI=1S/C25H26Cl2N4O4S/c1-5-34-20-11-15(8-10-19(20)35-13-16-7-9-17(26)12-18(16)27)22-21(23(32)33-4)14(3)28-24-29-25(36-6-2)30-31(22)24/h7-12,22H,5-6,13H2,1-4H3,(H,28,29,30). The quantitative estimate of drug-likeness (QED) is 0.252. The molecule has 3 aromatic rings. The number of halogens is 2. The first-order valence-electron chi connectivity index (χ1n) is 11.3. The van der Waals surface area contributed by atoms with Crippen LogP contribution < -0.4 is 14.8 Å². The van der Waals surface area contributed by atoms with Gasteiger partial charge in [-0.05, 0) is 49.4 Å². The lowest BCUT2D eigenvalue weighted by atomic mass is 9.95. The number of nitrogens with one attached hydrogen (secondary N) is 1. The molecule has 0 saturated carbocycles. The number of esters is 1. The van der Waals surface area contributed by atoms with E-state index in [9.17, 15) is 4.79 Å². The summed E-state index contributed by atoms with van der Waals surface area (Å²) in [5.74, 6) is 2.00. The third-order valence-corrected chi connectivity index (χ3v) is 6.80. The molecule has 0 aliphatic carbocycles. The van der Waals surface area contributed by atoms with Gasteiger partial charge in [0.1, 0.15) is 12.6 Å². The highest BCUT2D eigenvalue weighted by atomic mass is 35.5. The molecule has 11 heteroatoms. The van der Waals surface area contributed by atoms with Crippen LogP contribution in [0.1, 0.15) is 37.9 Å². The summed E-state index contributed by atoms with van der Waals surface area (Å²) in [7, 11) is 1.36. The smallest absolute Gasteiger partial charge is 0.338 e. The average Bonchev–Trinajstić information content (AvgIpc) is 3.25. The molecule has 1 aromatic heterocycles. The van der Waals surface area contributed by atoms with E-state index < -0.39 is 12.0 Å². The topological polar surface area (TPSA) is 87.5 Å². The Morgan fingerprint density at radius 1 is 1.14 bits per heavy atom. The zero-order chi connectivity index (χ0) is 25.8. The molecule has 36 heavy (non-hydrogen) atoms. The molecule has 0 bridgehead atoms. The Hall–Kier alpha value is -2.88. The first-order valence-corrected chi connectivity index (χ1v) is 13.1. The molecule has 0 fully saturated rings. The molecule has 4 rings (SSSR count). The molecule has 0 saturated heterocycles. The molecule has 1 atom stereocenters. The van der Waals surface area contributed by atoms with E-state index in [1.807, 2.05) is 45.0 Å². The first kappa shape index (κ1) is 26.2. The fourth-order valence-electron chi connectivity index (χ4n) is 3.88. The van der Waals surface area contributed by atoms with E-state index in [-0.39, 0.29) is 6.61 Å². The van der Waals surface area contributed by atoms with E-state index in [0.717, 1.165) is 16.9 Å². The van der Waals surface area contributed by atoms with Crippen molar-refractivity contribution >= 4 is 46.9 Å². The molecule has 1 aliphatic heterocycles. The molecule has 0 spiro atoms. The van der Waals surface area contributed by atoms with Gasteiger partial charge in [0.25, 0.3) is 0 Å². The van der Waals surface area contributed by atoms with Crippen LogP contribution in [0.5, 0.6) is 11.5 Å². The zero-order valence-corrected chi connectivity index (χ0v) is 22.6. The highest BCUT2D eigenvalue weighted by Gasteiger charge is 2.35. The fourth-order valence-corrected chi connectivity index (χ4v) is 4.90. The van der Waals surface area contributed by atoms with Crippen LogP contribution in [0, 0.1) is 0 Å². The largest absolute Gasteiger partial charge is 0.490 e. The van der Waals surface area contributed by atoms with Gasteiger partial charge in [0.2, 0.25) is 11.1 Å². The first-order chi connectivity index (χ1) is 17.4. The van der Waals surface area contributed by atoms with Crippen LogP contribution in [-0.4, -0.2) is 40.2 Å². The van der Waals surface area contributed by atoms with Gasteiger partial charge in [-0.15, -0.1) is 5.10 Å². The van der Waals surface area contributed by atoms with E-state index in [2.05, 4.69) is 15.4 Å². The minimum atomic E-state index is -0.564. The number of carbonyl (C=O) groups excluding carboxylic acids is 1. The Labute approximate surface area is 223 Å². The number of methoxy groups -OCH3 is 1. The number of rotatable bonds is 9. The lowest BCUT2D eigenvalue weighted by molar-refractivity contribution is -0.136. The summed E-state index contributed by atoms with van der Waals surface area (Å²) in [5, 5.41) is 9.54. The summed E-state index contributed by atoms with van der Waals surface area (Å²) in [6.45, 7) is 6.41. The highest BCUT2D eigenvalue weighted by molar-refractivity contribution is 7.99. The highest BCUT2D eigenvalue weighted by Crippen LogP contribution is 2.40. The lowest BCUT2D eigenvalue weighted by Gasteiger charge is -2.28. The summed E-state index contributed by atoms with van der Waals surface area (Å²) < 4.78 is 18.8. The Morgan fingerprint density at radius 3 is 2.64 bits per heavy atom. The molecule has 0 radical (unpaired) electrons. The molecular formula is C25H26Cl2N4O4S. The fraction of sp³-hybridized carbons (Fsp3) is 0.320. The van der Waals surface area contributed by atoms with Crippen molar-refractivity contribution in [3.63, 3.8) is 0 Å². The van der Waals surface area contributed by atoms with Crippen molar-refractivity contribution in [2.45, 2.75) is 38.6 Å². The average molecular weight is 549 g/mol. The predicted molar refractivity (Wildman–Crippen MR) is 141 cm³/mol. The van der Waals surface area contributed by atoms with Crippen LogP contribution in [0.2, 0.25) is 10.0 Å². The summed E-state index contributed by atoms with van der Waals surface area (Å²) in [5.41, 5.74) is 2.66. The third kappa shape index (κ3) is 5.43. The molecule has 1 unspecified atom stereocenters. The summed E-state index contributed by atoms with van der Waals surface area (Å²) in [6, 6.07) is 10.2. The number of ether oxygens (including phenoxy) is 3. The number of aromatic nitrogens is 3. The summed E-state index contributed by atoms with van der Waals surface area (Å²) >= 11 is 13.8. The molecule has 190 valence electrons. The maximum Gasteiger partial charge on any atom is 0.338 e. The number of thioether (sulfide) groups is 1. The number of hydrogen-bond acceptors (Lipinski definition) is 8. The van der Waals surface area contributed by atoms with Gasteiger partial charge < -0.3 is 19.5 Å². The van der Waals surface area contributed by atoms with Crippen LogP contribution in [0.3, 0.4) is 0 Å². The Bertz CT molecular complexity index is 1310. The Kier molecular flexibility index (Phi) is 8.33. The van der Waals surface area contributed by atoms with Gasteiger partial charge in [0.15, 0.2) is 11.5 Å². The van der Waals surface area contributed by atoms with E-state index in [1.54, 1.807) is 16.8 Å². The Balaban J connectivity index is 1.73. The summed E-state index contributed by atoms with van der Waals surface area (Å²) in [6.07, 6.45) is 0. The van der Waals surface area contributed by atoms with Crippen LogP contribution in [0.4, 0.5) is 5.95 Å². The van der Waals surface area contributed by atoms with Crippen molar-refractivity contribution < 1.29 is 19.0 Å². The van der Waals surface area contributed by atoms with Crippen molar-refractivity contribution in [1.29, 1.82) is 0 Å². The maximum absolute atomic E-state index is 12.8. The molecule has 8 nitrogen and oxygen atoms in total. The van der Waals surface area contributed by atoms with E-state index in [1.165, 1.54) is 18.9 Å². The van der Waals surface area contributed by atoms with E-state index in [0.29, 0.717) is 50.5 Å². The third-order valence-electron chi connectivity index (χ3n) is 5.49. The number of anilines is 1. The minimum Gasteiger partial charge on any atom is -0.490 e. The predicted octanol–water partition coefficient (Wildman–Crippen LogP) is 6.14. The summed E-state index contributed by atoms with van der Waals surface area (Å²) in [4.78, 5) is 17.4. The van der Waals surface area contributed by atoms with Crippen molar-refractivity contribution in [3.8, 4) is 11.5 Å². The van der Waals surface area contributed by atoms with Gasteiger partial charge in [0, 0.05) is 21.3 Å². The van der Waals surface area contributed by atoms with Gasteiger partial charge in [0.05, 0.1) is 19.3 Å². The normalized spacial score (nSPS) is 14.8. The van der Waals surface area contributed by atoms with Crippen LogP contribution >= 0.6 is 35.0 Å². The van der Waals surface area contributed by atoms with Crippen molar-refractivity contribution in [3.05, 3.63) is 68.8 Å². The van der Waals surface area contributed by atoms with Gasteiger partial charge in [-0.3, -0.25) is 0 Å². The van der Waals surface area contributed by atoms with Crippen molar-refractivity contribution in [2.75, 3.05) is 24.8 Å². The number of hydrogen-bond donors (Lipinski definition) is 1. The minimum absolute atomic E-state index is 0.236. The van der Waals surface area contributed by atoms with Crippen LogP contribution in [0.15, 0.2) is 52.8 Å². The van der Waals surface area contributed by atoms with Crippen molar-refractivity contribution in [1.82, 2.24) is 14.8 Å². The second-order valence-electron chi connectivity index (χ2n) is 7.82. The second-order valence-corrected chi connectivity index (χ2v) is 9.89. The van der Waals surface area contributed by atoms with Gasteiger partial charge in [-0.25, -0.2) is 9.48 Å². The van der Waals surface area contributed by atoms with Gasteiger partial charge in [-0.2, -0.15) is 4.98 Å². The maximum atomic E-state index is 12.8. The Morgan fingerprint density at radius 2 is 1.94 bits per heavy atom. The van der Waals surface area contributed by atoms with Gasteiger partial charge in [-0.1, -0.05) is 54.0 Å². The number of carbonyl (C=O) groups is 1. The molecule has 0 amide bonds. The van der Waals surface area contributed by atoms with E-state index in [4.69, 9.17) is 37.4 Å². The SMILES string of the molecule is CCOc1cc(C2C(C(=O)OC)=C(C)Nc3nc(SCC)nn32)ccc1OCc1ccc(Cl)cc1Cl. The molecular weight excluding hydrogens is 523 g/mol. The monoisotopic (exact) mass is 548 g/mol. The number of allylic oxidation sites excluding steroid dienone is 1. The molecule has 1 aliphatic rings. The molecule has 1 N–H and O–H groups in total. The van der Waals surface area contributed by atoms with Crippen LogP contribution in [0.25, 0.3) is 0 Å². The number of nitrogens with zero attached hydrogens (tertiary/aromatic N) is 3. The second kappa shape index (κ2) is 11.5. The molecule has 2 heterocycles. The molecule has 2 aromatic carbocycles.